The van der Waals surface area contributed by atoms with Crippen LogP contribution in [0.3, 0.4) is 0 Å². The van der Waals surface area contributed by atoms with Crippen LogP contribution in [0, 0.1) is 20.8 Å². The summed E-state index contributed by atoms with van der Waals surface area (Å²) in [5.41, 5.74) is 1.99. The molecule has 0 aliphatic heterocycles. The Labute approximate surface area is 113 Å². The fraction of sp³-hybridized carbons (Fsp3) is 0.571. The van der Waals surface area contributed by atoms with Gasteiger partial charge in [0.1, 0.15) is 11.5 Å². The second kappa shape index (κ2) is 6.02. The second-order valence-corrected chi connectivity index (χ2v) is 4.72. The zero-order chi connectivity index (χ0) is 13.8. The van der Waals surface area contributed by atoms with E-state index in [4.69, 9.17) is 8.83 Å². The molecule has 0 spiro atoms. The van der Waals surface area contributed by atoms with Gasteiger partial charge in [-0.2, -0.15) is 0 Å². The van der Waals surface area contributed by atoms with Crippen molar-refractivity contribution in [3.05, 3.63) is 23.0 Å². The first-order chi connectivity index (χ1) is 9.13. The molecule has 0 saturated heterocycles. The van der Waals surface area contributed by atoms with Crippen molar-refractivity contribution in [3.8, 4) is 11.5 Å². The number of nitrogens with one attached hydrogen (secondary N) is 1. The van der Waals surface area contributed by atoms with Crippen molar-refractivity contribution in [1.82, 2.24) is 15.5 Å². The number of aromatic nitrogens is 2. The Morgan fingerprint density at radius 3 is 2.42 bits per heavy atom. The number of aryl methyl sites for hydroxylation is 2. The van der Waals surface area contributed by atoms with Crippen molar-refractivity contribution in [2.24, 2.45) is 0 Å². The largest absolute Gasteiger partial charge is 0.466 e. The Kier molecular flexibility index (Phi) is 4.37. The van der Waals surface area contributed by atoms with E-state index in [-0.39, 0.29) is 0 Å². The molecule has 5 nitrogen and oxygen atoms in total. The molecular weight excluding hydrogens is 242 g/mol. The van der Waals surface area contributed by atoms with E-state index in [0.717, 1.165) is 48.6 Å². The summed E-state index contributed by atoms with van der Waals surface area (Å²) in [6.45, 7) is 9.89. The first kappa shape index (κ1) is 13.8. The summed E-state index contributed by atoms with van der Waals surface area (Å²) in [5, 5.41) is 11.5. The lowest BCUT2D eigenvalue weighted by molar-refractivity contribution is 0.487. The Balaban J connectivity index is 2.08. The van der Waals surface area contributed by atoms with Crippen LogP contribution in [-0.2, 0) is 6.42 Å². The molecule has 19 heavy (non-hydrogen) atoms. The normalized spacial score (nSPS) is 11.2. The van der Waals surface area contributed by atoms with Crippen LogP contribution in [-0.4, -0.2) is 23.3 Å². The van der Waals surface area contributed by atoms with Gasteiger partial charge >= 0.3 is 0 Å². The van der Waals surface area contributed by atoms with Crippen LogP contribution < -0.4 is 5.32 Å². The zero-order valence-electron chi connectivity index (χ0n) is 12.0. The molecular formula is C14H21N3O2. The SMILES string of the molecule is CCCNCCc1nnc(-c2c(C)oc(C)c2C)o1. The van der Waals surface area contributed by atoms with Crippen LogP contribution in [0.15, 0.2) is 8.83 Å². The summed E-state index contributed by atoms with van der Waals surface area (Å²) in [6.07, 6.45) is 1.88. The maximum Gasteiger partial charge on any atom is 0.251 e. The number of rotatable bonds is 6. The fourth-order valence-corrected chi connectivity index (χ4v) is 2.06. The first-order valence-electron chi connectivity index (χ1n) is 6.73. The van der Waals surface area contributed by atoms with Gasteiger partial charge in [-0.15, -0.1) is 10.2 Å². The van der Waals surface area contributed by atoms with Crippen molar-refractivity contribution in [3.63, 3.8) is 0 Å². The Morgan fingerprint density at radius 2 is 1.79 bits per heavy atom. The molecule has 0 aromatic carbocycles. The molecule has 2 aromatic heterocycles. The van der Waals surface area contributed by atoms with E-state index < -0.39 is 0 Å². The molecule has 0 aliphatic rings. The van der Waals surface area contributed by atoms with E-state index in [2.05, 4.69) is 22.4 Å². The van der Waals surface area contributed by atoms with E-state index >= 15 is 0 Å². The van der Waals surface area contributed by atoms with Gasteiger partial charge in [0.15, 0.2) is 0 Å². The molecule has 2 rings (SSSR count). The van der Waals surface area contributed by atoms with Crippen LogP contribution in [0.1, 0.15) is 36.3 Å². The van der Waals surface area contributed by atoms with Crippen molar-refractivity contribution in [2.75, 3.05) is 13.1 Å². The van der Waals surface area contributed by atoms with Crippen molar-refractivity contribution >= 4 is 0 Å². The van der Waals surface area contributed by atoms with Gasteiger partial charge in [0.2, 0.25) is 5.89 Å². The molecule has 1 N–H and O–H groups in total. The van der Waals surface area contributed by atoms with E-state index in [1.54, 1.807) is 0 Å². The number of nitrogens with zero attached hydrogens (tertiary/aromatic N) is 2. The van der Waals surface area contributed by atoms with E-state index in [1.807, 2.05) is 20.8 Å². The van der Waals surface area contributed by atoms with Gasteiger partial charge in [-0.1, -0.05) is 6.92 Å². The molecule has 0 aliphatic carbocycles. The summed E-state index contributed by atoms with van der Waals surface area (Å²) in [5.74, 6) is 2.94. The summed E-state index contributed by atoms with van der Waals surface area (Å²) < 4.78 is 11.3. The predicted octanol–water partition coefficient (Wildman–Crippen LogP) is 2.80. The Hall–Kier alpha value is -1.62. The maximum absolute atomic E-state index is 5.70. The van der Waals surface area contributed by atoms with Gasteiger partial charge < -0.3 is 14.2 Å². The minimum atomic E-state index is 0.553. The van der Waals surface area contributed by atoms with Gasteiger partial charge in [0.25, 0.3) is 5.89 Å². The molecule has 0 amide bonds. The highest BCUT2D eigenvalue weighted by atomic mass is 16.4. The quantitative estimate of drug-likeness (QED) is 0.812. The van der Waals surface area contributed by atoms with Gasteiger partial charge in [-0.05, 0) is 33.7 Å². The molecule has 0 fully saturated rings. The van der Waals surface area contributed by atoms with Gasteiger partial charge in [-0.25, -0.2) is 0 Å². The van der Waals surface area contributed by atoms with Crippen LogP contribution in [0.25, 0.3) is 11.5 Å². The number of hydrogen-bond donors (Lipinski definition) is 1. The van der Waals surface area contributed by atoms with Gasteiger partial charge in [0, 0.05) is 18.5 Å². The van der Waals surface area contributed by atoms with E-state index in [1.165, 1.54) is 0 Å². The van der Waals surface area contributed by atoms with E-state index in [9.17, 15) is 0 Å². The average molecular weight is 263 g/mol. The highest BCUT2D eigenvalue weighted by molar-refractivity contribution is 5.61. The molecule has 0 bridgehead atoms. The van der Waals surface area contributed by atoms with Crippen molar-refractivity contribution < 1.29 is 8.83 Å². The molecule has 5 heteroatoms. The monoisotopic (exact) mass is 263 g/mol. The number of hydrogen-bond acceptors (Lipinski definition) is 5. The standard InChI is InChI=1S/C14H21N3O2/c1-5-7-15-8-6-12-16-17-14(19-12)13-9(2)10(3)18-11(13)4/h15H,5-8H2,1-4H3. The lowest BCUT2D eigenvalue weighted by Gasteiger charge is -1.98. The summed E-state index contributed by atoms with van der Waals surface area (Å²) >= 11 is 0. The Bertz CT molecular complexity index is 543. The first-order valence-corrected chi connectivity index (χ1v) is 6.73. The lowest BCUT2D eigenvalue weighted by Crippen LogP contribution is -2.17. The van der Waals surface area contributed by atoms with Crippen molar-refractivity contribution in [1.29, 1.82) is 0 Å². The molecule has 0 atom stereocenters. The smallest absolute Gasteiger partial charge is 0.251 e. The van der Waals surface area contributed by atoms with Gasteiger partial charge in [-0.3, -0.25) is 0 Å². The highest BCUT2D eigenvalue weighted by Gasteiger charge is 2.18. The second-order valence-electron chi connectivity index (χ2n) is 4.72. The molecule has 0 saturated carbocycles. The average Bonchev–Trinajstić information content (AvgIpc) is 2.91. The number of furan rings is 1. The third-order valence-electron chi connectivity index (χ3n) is 3.18. The molecule has 2 heterocycles. The Morgan fingerprint density at radius 1 is 1.00 bits per heavy atom. The zero-order valence-corrected chi connectivity index (χ0v) is 12.0. The summed E-state index contributed by atoms with van der Waals surface area (Å²) in [4.78, 5) is 0. The third kappa shape index (κ3) is 3.04. The molecule has 2 aromatic rings. The summed E-state index contributed by atoms with van der Waals surface area (Å²) in [7, 11) is 0. The van der Waals surface area contributed by atoms with Crippen LogP contribution >= 0.6 is 0 Å². The topological polar surface area (TPSA) is 64.1 Å². The molecule has 0 radical (unpaired) electrons. The molecule has 0 unspecified atom stereocenters. The van der Waals surface area contributed by atoms with Crippen molar-refractivity contribution in [2.45, 2.75) is 40.5 Å². The van der Waals surface area contributed by atoms with Crippen LogP contribution in [0.4, 0.5) is 0 Å². The van der Waals surface area contributed by atoms with Gasteiger partial charge in [0.05, 0.1) is 5.56 Å². The fourth-order valence-electron chi connectivity index (χ4n) is 2.06. The third-order valence-corrected chi connectivity index (χ3v) is 3.18. The molecule has 104 valence electrons. The predicted molar refractivity (Wildman–Crippen MR) is 73.1 cm³/mol. The van der Waals surface area contributed by atoms with E-state index in [0.29, 0.717) is 11.8 Å². The lowest BCUT2D eigenvalue weighted by atomic mass is 10.1. The minimum absolute atomic E-state index is 0.553. The summed E-state index contributed by atoms with van der Waals surface area (Å²) in [6, 6.07) is 0. The maximum atomic E-state index is 5.70. The van der Waals surface area contributed by atoms with Crippen LogP contribution in [0.5, 0.6) is 0 Å². The minimum Gasteiger partial charge on any atom is -0.466 e. The highest BCUT2D eigenvalue weighted by Crippen LogP contribution is 2.30. The van der Waals surface area contributed by atoms with Crippen LogP contribution in [0.2, 0.25) is 0 Å².